The molecule has 0 saturated carbocycles. The van der Waals surface area contributed by atoms with Crippen LogP contribution in [0.25, 0.3) is 0 Å². The van der Waals surface area contributed by atoms with Crippen LogP contribution in [0.15, 0.2) is 0 Å². The van der Waals surface area contributed by atoms with Gasteiger partial charge in [-0.15, -0.1) is 0 Å². The van der Waals surface area contributed by atoms with Gasteiger partial charge in [-0.25, -0.2) is 5.90 Å². The maximum Gasteiger partial charge on any atom is 0.171 e. The van der Waals surface area contributed by atoms with Gasteiger partial charge in [-0.05, 0) is 6.92 Å². The number of nitrogens with two attached hydrogens (primary N) is 1. The van der Waals surface area contributed by atoms with Crippen molar-refractivity contribution in [2.45, 2.75) is 33.3 Å². The van der Waals surface area contributed by atoms with E-state index in [4.69, 9.17) is 5.90 Å². The topological polar surface area (TPSA) is 72.5 Å². The molecule has 0 aromatic rings. The molecule has 0 aliphatic carbocycles. The third-order valence-corrected chi connectivity index (χ3v) is 1.53. The van der Waals surface area contributed by atoms with Crippen LogP contribution in [-0.2, 0) is 9.63 Å². The van der Waals surface area contributed by atoms with Crippen molar-refractivity contribution in [3.63, 3.8) is 0 Å². The number of rotatable bonds is 3. The highest BCUT2D eigenvalue weighted by Gasteiger charge is 2.38. The van der Waals surface area contributed by atoms with Crippen LogP contribution in [-0.4, -0.2) is 23.1 Å². The summed E-state index contributed by atoms with van der Waals surface area (Å²) in [7, 11) is 0. The molecule has 0 radical (unpaired) electrons. The summed E-state index contributed by atoms with van der Waals surface area (Å²) >= 11 is 0. The molecule has 0 aromatic heterocycles. The van der Waals surface area contributed by atoms with Crippen molar-refractivity contribution in [1.29, 1.82) is 0 Å². The van der Waals surface area contributed by atoms with Gasteiger partial charge < -0.3 is 9.94 Å². The molecular formula is C8H17NO3. The molecule has 0 amide bonds. The molecule has 0 spiro atoms. The second-order valence-electron chi connectivity index (χ2n) is 4.16. The van der Waals surface area contributed by atoms with Crippen molar-refractivity contribution >= 4 is 5.78 Å². The van der Waals surface area contributed by atoms with Gasteiger partial charge in [0.15, 0.2) is 5.78 Å². The van der Waals surface area contributed by atoms with Crippen LogP contribution in [0.5, 0.6) is 0 Å². The number of ketones is 1. The summed E-state index contributed by atoms with van der Waals surface area (Å²) in [5, 5.41) is 9.56. The van der Waals surface area contributed by atoms with Crippen molar-refractivity contribution in [1.82, 2.24) is 0 Å². The smallest absolute Gasteiger partial charge is 0.171 e. The van der Waals surface area contributed by atoms with E-state index < -0.39 is 11.0 Å². The monoisotopic (exact) mass is 175 g/mol. The second kappa shape index (κ2) is 3.51. The molecule has 1 unspecified atom stereocenters. The van der Waals surface area contributed by atoms with Gasteiger partial charge in [0, 0.05) is 5.41 Å². The Hall–Kier alpha value is -0.450. The summed E-state index contributed by atoms with van der Waals surface area (Å²) < 4.78 is 0. The lowest BCUT2D eigenvalue weighted by molar-refractivity contribution is -0.150. The molecule has 3 N–H and O–H groups in total. The number of carbonyl (C=O) groups is 1. The van der Waals surface area contributed by atoms with Crippen molar-refractivity contribution in [2.75, 3.05) is 6.61 Å². The fourth-order valence-corrected chi connectivity index (χ4v) is 1.04. The molecule has 72 valence electrons. The van der Waals surface area contributed by atoms with E-state index in [9.17, 15) is 9.90 Å². The Labute approximate surface area is 72.7 Å². The van der Waals surface area contributed by atoms with Crippen molar-refractivity contribution in [3.8, 4) is 0 Å². The number of Topliss-reactive ketones (excluding diaryl/α,β-unsaturated/α-hetero) is 1. The van der Waals surface area contributed by atoms with Crippen molar-refractivity contribution < 1.29 is 14.7 Å². The normalized spacial score (nSPS) is 17.2. The van der Waals surface area contributed by atoms with Crippen molar-refractivity contribution in [2.24, 2.45) is 11.3 Å². The van der Waals surface area contributed by atoms with Crippen molar-refractivity contribution in [3.05, 3.63) is 0 Å². The SMILES string of the molecule is CC(C)(C)C(=O)C(C)(O)CON. The maximum absolute atomic E-state index is 11.5. The quantitative estimate of drug-likeness (QED) is 0.603. The summed E-state index contributed by atoms with van der Waals surface area (Å²) in [5.41, 5.74) is -2.07. The molecule has 0 saturated heterocycles. The van der Waals surface area contributed by atoms with Gasteiger partial charge in [-0.1, -0.05) is 20.8 Å². The molecule has 0 aliphatic heterocycles. The van der Waals surface area contributed by atoms with Gasteiger partial charge in [0.1, 0.15) is 12.2 Å². The van der Waals surface area contributed by atoms with E-state index in [1.165, 1.54) is 6.92 Å². The molecule has 4 heteroatoms. The highest BCUT2D eigenvalue weighted by Crippen LogP contribution is 2.22. The number of hydrogen-bond donors (Lipinski definition) is 2. The highest BCUT2D eigenvalue weighted by molar-refractivity contribution is 5.91. The maximum atomic E-state index is 11.5. The fourth-order valence-electron chi connectivity index (χ4n) is 1.04. The van der Waals surface area contributed by atoms with E-state index in [0.717, 1.165) is 0 Å². The van der Waals surface area contributed by atoms with E-state index >= 15 is 0 Å². The number of hydrogen-bond acceptors (Lipinski definition) is 4. The third kappa shape index (κ3) is 2.89. The molecule has 1 atom stereocenters. The molecule has 0 aromatic carbocycles. The van der Waals surface area contributed by atoms with E-state index in [1.807, 2.05) is 0 Å². The first kappa shape index (κ1) is 11.6. The van der Waals surface area contributed by atoms with Gasteiger partial charge in [0.05, 0.1) is 0 Å². The van der Waals surface area contributed by atoms with E-state index in [-0.39, 0.29) is 12.4 Å². The standard InChI is InChI=1S/C8H17NO3/c1-7(2,3)6(10)8(4,11)5-12-9/h11H,5,9H2,1-4H3. The molecular weight excluding hydrogens is 158 g/mol. The fraction of sp³-hybridized carbons (Fsp3) is 0.875. The molecule has 0 heterocycles. The zero-order valence-electron chi connectivity index (χ0n) is 8.05. The summed E-state index contributed by atoms with van der Waals surface area (Å²) in [6.45, 7) is 6.43. The minimum atomic E-state index is -1.49. The lowest BCUT2D eigenvalue weighted by Gasteiger charge is -2.28. The summed E-state index contributed by atoms with van der Waals surface area (Å²) in [4.78, 5) is 15.7. The molecule has 12 heavy (non-hydrogen) atoms. The Morgan fingerprint density at radius 1 is 1.42 bits per heavy atom. The average Bonchev–Trinajstić information content (AvgIpc) is 1.84. The van der Waals surface area contributed by atoms with Crippen LogP contribution in [0.4, 0.5) is 0 Å². The predicted octanol–water partition coefficient (Wildman–Crippen LogP) is 0.243. The Morgan fingerprint density at radius 2 is 1.83 bits per heavy atom. The summed E-state index contributed by atoms with van der Waals surface area (Å²) in [6, 6.07) is 0. The van der Waals surface area contributed by atoms with E-state index in [1.54, 1.807) is 20.8 Å². The molecule has 4 nitrogen and oxygen atoms in total. The third-order valence-electron chi connectivity index (χ3n) is 1.53. The second-order valence-corrected chi connectivity index (χ2v) is 4.16. The highest BCUT2D eigenvalue weighted by atomic mass is 16.6. The lowest BCUT2D eigenvalue weighted by atomic mass is 9.81. The zero-order chi connectivity index (χ0) is 9.99. The Balaban J connectivity index is 4.46. The van der Waals surface area contributed by atoms with E-state index in [2.05, 4.69) is 4.84 Å². The zero-order valence-corrected chi connectivity index (χ0v) is 8.05. The lowest BCUT2D eigenvalue weighted by Crippen LogP contribution is -2.47. The van der Waals surface area contributed by atoms with Crippen LogP contribution in [0.3, 0.4) is 0 Å². The average molecular weight is 175 g/mol. The predicted molar refractivity (Wildman–Crippen MR) is 45.2 cm³/mol. The number of aliphatic hydroxyl groups is 1. The van der Waals surface area contributed by atoms with Crippen LogP contribution in [0.1, 0.15) is 27.7 Å². The minimum absolute atomic E-state index is 0.177. The Kier molecular flexibility index (Phi) is 3.38. The van der Waals surface area contributed by atoms with Crippen LogP contribution >= 0.6 is 0 Å². The first-order valence-corrected chi connectivity index (χ1v) is 3.81. The summed E-state index contributed by atoms with van der Waals surface area (Å²) in [6.07, 6.45) is 0. The first-order chi connectivity index (χ1) is 5.22. The minimum Gasteiger partial charge on any atom is -0.380 e. The van der Waals surface area contributed by atoms with Crippen LogP contribution < -0.4 is 5.90 Å². The Bertz CT molecular complexity index is 170. The first-order valence-electron chi connectivity index (χ1n) is 3.81. The van der Waals surface area contributed by atoms with Crippen LogP contribution in [0, 0.1) is 5.41 Å². The van der Waals surface area contributed by atoms with Gasteiger partial charge in [-0.2, -0.15) is 0 Å². The molecule has 0 bridgehead atoms. The van der Waals surface area contributed by atoms with E-state index in [0.29, 0.717) is 0 Å². The van der Waals surface area contributed by atoms with Gasteiger partial charge >= 0.3 is 0 Å². The largest absolute Gasteiger partial charge is 0.380 e. The molecule has 0 fully saturated rings. The van der Waals surface area contributed by atoms with Gasteiger partial charge in [-0.3, -0.25) is 4.79 Å². The molecule has 0 rings (SSSR count). The summed E-state index contributed by atoms with van der Waals surface area (Å²) in [5.74, 6) is 4.51. The number of carbonyl (C=O) groups excluding carboxylic acids is 1. The van der Waals surface area contributed by atoms with Gasteiger partial charge in [0.2, 0.25) is 0 Å². The van der Waals surface area contributed by atoms with Gasteiger partial charge in [0.25, 0.3) is 0 Å². The Morgan fingerprint density at radius 3 is 2.08 bits per heavy atom. The van der Waals surface area contributed by atoms with Crippen LogP contribution in [0.2, 0.25) is 0 Å². The molecule has 0 aliphatic rings.